The largest absolute Gasteiger partial charge is 0.507 e. The predicted molar refractivity (Wildman–Crippen MR) is 59.5 cm³/mol. The third-order valence-electron chi connectivity index (χ3n) is 2.73. The first-order chi connectivity index (χ1) is 7.08. The summed E-state index contributed by atoms with van der Waals surface area (Å²) < 4.78 is 26.1. The highest BCUT2D eigenvalue weighted by atomic mass is 35.5. The molecule has 0 spiro atoms. The highest BCUT2D eigenvalue weighted by Gasteiger charge is 2.27. The number of nitrogens with two attached hydrogens (primary N) is 1. The van der Waals surface area contributed by atoms with Crippen LogP contribution in [0, 0.1) is 17.6 Å². The molecule has 1 aliphatic rings. The van der Waals surface area contributed by atoms with Crippen molar-refractivity contribution in [1.82, 2.24) is 0 Å². The van der Waals surface area contributed by atoms with Crippen LogP contribution in [-0.4, -0.2) is 5.11 Å². The van der Waals surface area contributed by atoms with Crippen molar-refractivity contribution in [3.05, 3.63) is 29.3 Å². The first-order valence-electron chi connectivity index (χ1n) is 5.01. The molecule has 0 aliphatic heterocycles. The third-order valence-corrected chi connectivity index (χ3v) is 2.73. The van der Waals surface area contributed by atoms with Crippen molar-refractivity contribution in [3.8, 4) is 5.75 Å². The van der Waals surface area contributed by atoms with E-state index in [1.807, 2.05) is 0 Å². The molecule has 0 bridgehead atoms. The quantitative estimate of drug-likeness (QED) is 0.865. The smallest absolute Gasteiger partial charge is 0.134 e. The molecule has 16 heavy (non-hydrogen) atoms. The van der Waals surface area contributed by atoms with Gasteiger partial charge in [-0.2, -0.15) is 0 Å². The Balaban J connectivity index is 0.00000128. The van der Waals surface area contributed by atoms with Gasteiger partial charge in [0.1, 0.15) is 17.4 Å². The van der Waals surface area contributed by atoms with Crippen LogP contribution in [0.3, 0.4) is 0 Å². The Labute approximate surface area is 98.9 Å². The Bertz CT molecular complexity index is 359. The molecule has 0 aromatic heterocycles. The fraction of sp³-hybridized carbons (Fsp3) is 0.455. The van der Waals surface area contributed by atoms with Crippen molar-refractivity contribution in [1.29, 1.82) is 0 Å². The molecule has 1 aromatic carbocycles. The van der Waals surface area contributed by atoms with Crippen LogP contribution in [0.1, 0.15) is 30.9 Å². The molecule has 1 fully saturated rings. The molecule has 1 atom stereocenters. The predicted octanol–water partition coefficient (Wildman–Crippen LogP) is 2.89. The van der Waals surface area contributed by atoms with Crippen molar-refractivity contribution < 1.29 is 13.9 Å². The van der Waals surface area contributed by atoms with Gasteiger partial charge in [-0.25, -0.2) is 8.78 Å². The molecule has 1 aliphatic carbocycles. The number of phenols is 1. The van der Waals surface area contributed by atoms with Crippen molar-refractivity contribution in [3.63, 3.8) is 0 Å². The maximum absolute atomic E-state index is 13.4. The average Bonchev–Trinajstić information content (AvgIpc) is 2.85. The molecule has 1 saturated carbocycles. The standard InChI is InChI=1S/C11H13F2NO.ClH/c12-7-4-8(13)11(10(15)5-7)9(14)3-6-1-2-6;/h4-6,9,15H,1-3,14H2;1H/t9-;/m0./s1. The third kappa shape index (κ3) is 2.83. The van der Waals surface area contributed by atoms with E-state index < -0.39 is 17.7 Å². The van der Waals surface area contributed by atoms with Crippen LogP contribution in [0.15, 0.2) is 12.1 Å². The van der Waals surface area contributed by atoms with Gasteiger partial charge < -0.3 is 10.8 Å². The van der Waals surface area contributed by atoms with Crippen LogP contribution in [0.2, 0.25) is 0 Å². The van der Waals surface area contributed by atoms with E-state index in [4.69, 9.17) is 5.73 Å². The second-order valence-electron chi connectivity index (χ2n) is 4.11. The summed E-state index contributed by atoms with van der Waals surface area (Å²) in [6, 6.07) is 1.10. The van der Waals surface area contributed by atoms with Gasteiger partial charge >= 0.3 is 0 Å². The summed E-state index contributed by atoms with van der Waals surface area (Å²) in [6.45, 7) is 0. The Hall–Kier alpha value is -0.870. The first kappa shape index (κ1) is 13.2. The zero-order valence-electron chi connectivity index (χ0n) is 8.62. The van der Waals surface area contributed by atoms with Crippen LogP contribution in [0.5, 0.6) is 5.75 Å². The van der Waals surface area contributed by atoms with E-state index in [9.17, 15) is 13.9 Å². The molecule has 2 rings (SSSR count). The van der Waals surface area contributed by atoms with Gasteiger partial charge in [0.15, 0.2) is 0 Å². The monoisotopic (exact) mass is 249 g/mol. The number of aromatic hydroxyl groups is 1. The molecule has 0 radical (unpaired) electrons. The van der Waals surface area contributed by atoms with Crippen LogP contribution in [-0.2, 0) is 0 Å². The molecule has 1 aromatic rings. The number of rotatable bonds is 3. The van der Waals surface area contributed by atoms with Gasteiger partial charge in [0, 0.05) is 23.7 Å². The summed E-state index contributed by atoms with van der Waals surface area (Å²) in [5.74, 6) is -1.41. The molecular weight excluding hydrogens is 236 g/mol. The second-order valence-corrected chi connectivity index (χ2v) is 4.11. The molecule has 0 saturated heterocycles. The Morgan fingerprint density at radius 3 is 2.50 bits per heavy atom. The maximum atomic E-state index is 13.4. The zero-order chi connectivity index (χ0) is 11.0. The second kappa shape index (κ2) is 4.97. The maximum Gasteiger partial charge on any atom is 0.134 e. The minimum absolute atomic E-state index is 0. The SMILES string of the molecule is Cl.N[C@@H](CC1CC1)c1c(O)cc(F)cc1F. The average molecular weight is 250 g/mol. The van der Waals surface area contributed by atoms with Crippen molar-refractivity contribution in [2.24, 2.45) is 11.7 Å². The lowest BCUT2D eigenvalue weighted by atomic mass is 10.0. The van der Waals surface area contributed by atoms with E-state index in [-0.39, 0.29) is 23.7 Å². The molecule has 3 N–H and O–H groups in total. The van der Waals surface area contributed by atoms with Crippen LogP contribution < -0.4 is 5.73 Å². The van der Waals surface area contributed by atoms with E-state index in [1.54, 1.807) is 0 Å². The van der Waals surface area contributed by atoms with Crippen LogP contribution >= 0.6 is 12.4 Å². The minimum atomic E-state index is -0.785. The van der Waals surface area contributed by atoms with E-state index in [0.29, 0.717) is 12.3 Å². The summed E-state index contributed by atoms with van der Waals surface area (Å²) in [5.41, 5.74) is 5.80. The van der Waals surface area contributed by atoms with Gasteiger partial charge in [0.2, 0.25) is 0 Å². The highest BCUT2D eigenvalue weighted by molar-refractivity contribution is 5.85. The minimum Gasteiger partial charge on any atom is -0.507 e. The number of hydrogen-bond donors (Lipinski definition) is 2. The summed E-state index contributed by atoms with van der Waals surface area (Å²) in [5, 5.41) is 9.42. The van der Waals surface area contributed by atoms with E-state index in [0.717, 1.165) is 25.0 Å². The lowest BCUT2D eigenvalue weighted by molar-refractivity contribution is 0.433. The lowest BCUT2D eigenvalue weighted by Gasteiger charge is -2.14. The van der Waals surface area contributed by atoms with Gasteiger partial charge in [-0.05, 0) is 12.3 Å². The fourth-order valence-electron chi connectivity index (χ4n) is 1.77. The summed E-state index contributed by atoms with van der Waals surface area (Å²) in [4.78, 5) is 0. The van der Waals surface area contributed by atoms with E-state index in [1.165, 1.54) is 0 Å². The summed E-state index contributed by atoms with van der Waals surface area (Å²) in [6.07, 6.45) is 2.87. The molecule has 2 nitrogen and oxygen atoms in total. The number of benzene rings is 1. The van der Waals surface area contributed by atoms with E-state index in [2.05, 4.69) is 0 Å². The molecule has 90 valence electrons. The lowest BCUT2D eigenvalue weighted by Crippen LogP contribution is -2.13. The number of hydrogen-bond acceptors (Lipinski definition) is 2. The van der Waals surface area contributed by atoms with Crippen molar-refractivity contribution in [2.75, 3.05) is 0 Å². The summed E-state index contributed by atoms with van der Waals surface area (Å²) in [7, 11) is 0. The highest BCUT2D eigenvalue weighted by Crippen LogP contribution is 2.39. The Kier molecular flexibility index (Phi) is 4.10. The number of halogens is 3. The van der Waals surface area contributed by atoms with Gasteiger partial charge in [0.05, 0.1) is 0 Å². The normalized spacial score (nSPS) is 16.7. The van der Waals surface area contributed by atoms with Crippen LogP contribution in [0.25, 0.3) is 0 Å². The molecule has 0 heterocycles. The molecule has 5 heteroatoms. The Morgan fingerprint density at radius 2 is 2.00 bits per heavy atom. The van der Waals surface area contributed by atoms with Crippen LogP contribution in [0.4, 0.5) is 8.78 Å². The van der Waals surface area contributed by atoms with Crippen molar-refractivity contribution in [2.45, 2.75) is 25.3 Å². The van der Waals surface area contributed by atoms with Gasteiger partial charge in [-0.15, -0.1) is 12.4 Å². The topological polar surface area (TPSA) is 46.2 Å². The van der Waals surface area contributed by atoms with Gasteiger partial charge in [0.25, 0.3) is 0 Å². The van der Waals surface area contributed by atoms with Gasteiger partial charge in [-0.3, -0.25) is 0 Å². The Morgan fingerprint density at radius 1 is 1.38 bits per heavy atom. The first-order valence-corrected chi connectivity index (χ1v) is 5.01. The zero-order valence-corrected chi connectivity index (χ0v) is 9.44. The molecule has 0 amide bonds. The molecule has 0 unspecified atom stereocenters. The molecular formula is C11H14ClF2NO. The van der Waals surface area contributed by atoms with Crippen molar-refractivity contribution >= 4 is 12.4 Å². The number of phenolic OH excluding ortho intramolecular Hbond substituents is 1. The van der Waals surface area contributed by atoms with Gasteiger partial charge in [-0.1, -0.05) is 12.8 Å². The summed E-state index contributed by atoms with van der Waals surface area (Å²) >= 11 is 0. The van der Waals surface area contributed by atoms with E-state index >= 15 is 0 Å². The fourth-order valence-corrected chi connectivity index (χ4v) is 1.77.